The van der Waals surface area contributed by atoms with Crippen molar-refractivity contribution in [3.8, 4) is 0 Å². The number of benzene rings is 1. The summed E-state index contributed by atoms with van der Waals surface area (Å²) in [5.74, 6) is -0.341. The van der Waals surface area contributed by atoms with Crippen molar-refractivity contribution in [2.24, 2.45) is 5.92 Å². The van der Waals surface area contributed by atoms with E-state index in [9.17, 15) is 9.59 Å². The molecule has 1 atom stereocenters. The summed E-state index contributed by atoms with van der Waals surface area (Å²) in [5.41, 5.74) is 0.217. The Balaban J connectivity index is 1.82. The number of hydrogen-bond acceptors (Lipinski definition) is 6. The molecule has 1 N–H and O–H groups in total. The Hall–Kier alpha value is -2.61. The van der Waals surface area contributed by atoms with Crippen molar-refractivity contribution in [1.29, 1.82) is 0 Å². The van der Waals surface area contributed by atoms with Crippen LogP contribution >= 0.6 is 11.3 Å². The molecule has 0 fully saturated rings. The first-order valence-electron chi connectivity index (χ1n) is 8.08. The lowest BCUT2D eigenvalue weighted by Crippen LogP contribution is -2.42. The van der Waals surface area contributed by atoms with Gasteiger partial charge in [-0.25, -0.2) is 4.98 Å². The van der Waals surface area contributed by atoms with Gasteiger partial charge in [0.1, 0.15) is 11.6 Å². The van der Waals surface area contributed by atoms with Crippen LogP contribution in [-0.2, 0) is 11.2 Å². The molecule has 0 aliphatic heterocycles. The first-order chi connectivity index (χ1) is 12.1. The molecule has 0 bridgehead atoms. The van der Waals surface area contributed by atoms with E-state index >= 15 is 0 Å². The zero-order valence-corrected chi connectivity index (χ0v) is 14.9. The SMILES string of the molecule is CC(C)C(C(=O)NCCc1nccs1)n1nnc2ccccc2c1=O. The van der Waals surface area contributed by atoms with E-state index in [4.69, 9.17) is 0 Å². The van der Waals surface area contributed by atoms with Gasteiger partial charge in [0.15, 0.2) is 0 Å². The van der Waals surface area contributed by atoms with Gasteiger partial charge in [-0.05, 0) is 18.1 Å². The molecule has 3 rings (SSSR count). The van der Waals surface area contributed by atoms with Gasteiger partial charge < -0.3 is 5.32 Å². The Bertz CT molecular complexity index is 920. The van der Waals surface area contributed by atoms with Crippen LogP contribution in [0.4, 0.5) is 0 Å². The van der Waals surface area contributed by atoms with Gasteiger partial charge >= 0.3 is 0 Å². The summed E-state index contributed by atoms with van der Waals surface area (Å²) in [6.45, 7) is 4.23. The molecule has 0 radical (unpaired) electrons. The van der Waals surface area contributed by atoms with Crippen LogP contribution in [0.3, 0.4) is 0 Å². The monoisotopic (exact) mass is 357 g/mol. The standard InChI is InChI=1S/C17H19N5O2S/c1-11(2)15(16(23)19-8-7-14-18-9-10-25-14)22-17(24)12-5-3-4-6-13(12)20-21-22/h3-6,9-11,15H,7-8H2,1-2H3,(H,19,23). The maximum atomic E-state index is 12.7. The Labute approximate surface area is 148 Å². The summed E-state index contributed by atoms with van der Waals surface area (Å²) in [6.07, 6.45) is 2.40. The van der Waals surface area contributed by atoms with Crippen molar-refractivity contribution in [2.75, 3.05) is 6.54 Å². The predicted octanol–water partition coefficient (Wildman–Crippen LogP) is 1.80. The van der Waals surface area contributed by atoms with E-state index in [1.807, 2.05) is 19.2 Å². The van der Waals surface area contributed by atoms with Crippen molar-refractivity contribution >= 4 is 28.1 Å². The summed E-state index contributed by atoms with van der Waals surface area (Å²) < 4.78 is 1.19. The van der Waals surface area contributed by atoms with Gasteiger partial charge in [-0.1, -0.05) is 31.2 Å². The number of fused-ring (bicyclic) bond motifs is 1. The number of hydrogen-bond donors (Lipinski definition) is 1. The molecule has 7 nitrogen and oxygen atoms in total. The Morgan fingerprint density at radius 1 is 1.32 bits per heavy atom. The molecule has 25 heavy (non-hydrogen) atoms. The minimum absolute atomic E-state index is 0.104. The molecule has 0 spiro atoms. The van der Waals surface area contributed by atoms with Crippen molar-refractivity contribution < 1.29 is 4.79 Å². The third kappa shape index (κ3) is 3.74. The molecule has 1 amide bonds. The highest BCUT2D eigenvalue weighted by Gasteiger charge is 2.27. The van der Waals surface area contributed by atoms with Gasteiger partial charge in [0, 0.05) is 24.5 Å². The summed E-state index contributed by atoms with van der Waals surface area (Å²) in [6, 6.07) is 6.29. The first kappa shape index (κ1) is 17.2. The number of rotatable bonds is 6. The molecule has 3 aromatic rings. The number of thiazole rings is 1. The molecule has 1 unspecified atom stereocenters. The van der Waals surface area contributed by atoms with Crippen LogP contribution in [0.2, 0.25) is 0 Å². The van der Waals surface area contributed by atoms with Crippen LogP contribution in [0.1, 0.15) is 24.9 Å². The van der Waals surface area contributed by atoms with E-state index in [0.717, 1.165) is 5.01 Å². The molecule has 0 aliphatic carbocycles. The van der Waals surface area contributed by atoms with Crippen molar-refractivity contribution in [2.45, 2.75) is 26.3 Å². The third-order valence-corrected chi connectivity index (χ3v) is 4.72. The Kier molecular flexibility index (Phi) is 5.18. The molecular formula is C17H19N5O2S. The fourth-order valence-corrected chi connectivity index (χ4v) is 3.27. The highest BCUT2D eigenvalue weighted by Crippen LogP contribution is 2.16. The molecule has 0 aliphatic rings. The second-order valence-electron chi connectivity index (χ2n) is 6.01. The zero-order valence-electron chi connectivity index (χ0n) is 14.0. The van der Waals surface area contributed by atoms with E-state index in [1.54, 1.807) is 41.8 Å². The second-order valence-corrected chi connectivity index (χ2v) is 6.99. The molecular weight excluding hydrogens is 338 g/mol. The van der Waals surface area contributed by atoms with E-state index in [1.165, 1.54) is 4.68 Å². The second kappa shape index (κ2) is 7.52. The smallest absolute Gasteiger partial charge is 0.278 e. The van der Waals surface area contributed by atoms with Crippen LogP contribution in [-0.4, -0.2) is 32.4 Å². The number of aromatic nitrogens is 4. The Morgan fingerprint density at radius 2 is 2.12 bits per heavy atom. The van der Waals surface area contributed by atoms with Gasteiger partial charge in [-0.3, -0.25) is 9.59 Å². The summed E-state index contributed by atoms with van der Waals surface area (Å²) in [4.78, 5) is 29.5. The van der Waals surface area contributed by atoms with Crippen molar-refractivity contribution in [3.05, 3.63) is 51.2 Å². The minimum Gasteiger partial charge on any atom is -0.354 e. The molecule has 0 saturated heterocycles. The van der Waals surface area contributed by atoms with E-state index in [-0.39, 0.29) is 17.4 Å². The molecule has 2 aromatic heterocycles. The summed E-state index contributed by atoms with van der Waals surface area (Å²) in [5, 5.41) is 14.3. The summed E-state index contributed by atoms with van der Waals surface area (Å²) >= 11 is 1.55. The average Bonchev–Trinajstić information content (AvgIpc) is 3.10. The van der Waals surface area contributed by atoms with Crippen LogP contribution in [0, 0.1) is 5.92 Å². The van der Waals surface area contributed by atoms with Gasteiger partial charge in [-0.15, -0.1) is 16.4 Å². The van der Waals surface area contributed by atoms with E-state index < -0.39 is 6.04 Å². The van der Waals surface area contributed by atoms with E-state index in [2.05, 4.69) is 20.6 Å². The third-order valence-electron chi connectivity index (χ3n) is 3.88. The largest absolute Gasteiger partial charge is 0.354 e. The van der Waals surface area contributed by atoms with Crippen LogP contribution in [0.5, 0.6) is 0 Å². The van der Waals surface area contributed by atoms with Gasteiger partial charge in [-0.2, -0.15) is 4.68 Å². The fraction of sp³-hybridized carbons (Fsp3) is 0.353. The Morgan fingerprint density at radius 3 is 2.84 bits per heavy atom. The highest BCUT2D eigenvalue weighted by atomic mass is 32.1. The molecule has 8 heteroatoms. The van der Waals surface area contributed by atoms with Gasteiger partial charge in [0.2, 0.25) is 5.91 Å². The number of carbonyl (C=O) groups is 1. The minimum atomic E-state index is -0.707. The maximum absolute atomic E-state index is 12.7. The van der Waals surface area contributed by atoms with Gasteiger partial charge in [0.05, 0.1) is 10.4 Å². The molecule has 1 aromatic carbocycles. The van der Waals surface area contributed by atoms with Crippen LogP contribution in [0.15, 0.2) is 40.6 Å². The quantitative estimate of drug-likeness (QED) is 0.727. The number of nitrogens with zero attached hydrogens (tertiary/aromatic N) is 4. The fourth-order valence-electron chi connectivity index (χ4n) is 2.65. The number of nitrogens with one attached hydrogen (secondary N) is 1. The molecule has 2 heterocycles. The lowest BCUT2D eigenvalue weighted by Gasteiger charge is -2.21. The first-order valence-corrected chi connectivity index (χ1v) is 8.96. The lowest BCUT2D eigenvalue weighted by atomic mass is 10.0. The van der Waals surface area contributed by atoms with Crippen molar-refractivity contribution in [3.63, 3.8) is 0 Å². The van der Waals surface area contributed by atoms with Crippen LogP contribution < -0.4 is 10.9 Å². The average molecular weight is 357 g/mol. The molecule has 130 valence electrons. The number of carbonyl (C=O) groups excluding carboxylic acids is 1. The van der Waals surface area contributed by atoms with Crippen LogP contribution in [0.25, 0.3) is 10.9 Å². The topological polar surface area (TPSA) is 89.8 Å². The van der Waals surface area contributed by atoms with E-state index in [0.29, 0.717) is 23.9 Å². The molecule has 0 saturated carbocycles. The lowest BCUT2D eigenvalue weighted by molar-refractivity contribution is -0.126. The highest BCUT2D eigenvalue weighted by molar-refractivity contribution is 7.09. The zero-order chi connectivity index (χ0) is 17.8. The number of amides is 1. The maximum Gasteiger partial charge on any atom is 0.278 e. The normalized spacial score (nSPS) is 12.4. The van der Waals surface area contributed by atoms with Gasteiger partial charge in [0.25, 0.3) is 5.56 Å². The summed E-state index contributed by atoms with van der Waals surface area (Å²) in [7, 11) is 0. The van der Waals surface area contributed by atoms with Crippen molar-refractivity contribution in [1.82, 2.24) is 25.3 Å². The predicted molar refractivity (Wildman–Crippen MR) is 96.5 cm³/mol.